The molecule has 106 valence electrons. The number of allylic oxidation sites excluding steroid dienone is 1. The summed E-state index contributed by atoms with van der Waals surface area (Å²) in [4.78, 5) is 0. The molecule has 5 atom stereocenters. The topological polar surface area (TPSA) is 99.4 Å². The third-order valence-corrected chi connectivity index (χ3v) is 2.82. The fourth-order valence-corrected chi connectivity index (χ4v) is 1.74. The molecule has 0 aliphatic carbocycles. The lowest BCUT2D eigenvalue weighted by Crippen LogP contribution is -2.59. The van der Waals surface area contributed by atoms with Crippen LogP contribution in [0, 0.1) is 0 Å². The van der Waals surface area contributed by atoms with Crippen molar-refractivity contribution in [2.75, 3.05) is 13.2 Å². The van der Waals surface area contributed by atoms with Crippen LogP contribution in [-0.4, -0.2) is 64.3 Å². The van der Waals surface area contributed by atoms with Crippen LogP contribution >= 0.6 is 0 Å². The molecule has 18 heavy (non-hydrogen) atoms. The normalized spacial score (nSPS) is 37.3. The van der Waals surface area contributed by atoms with E-state index in [4.69, 9.17) is 14.6 Å². The van der Waals surface area contributed by atoms with Gasteiger partial charge in [-0.1, -0.05) is 19.1 Å². The van der Waals surface area contributed by atoms with Gasteiger partial charge in [-0.05, 0) is 12.8 Å². The van der Waals surface area contributed by atoms with E-state index < -0.39 is 37.3 Å². The molecule has 0 aromatic heterocycles. The molecule has 0 amide bonds. The Kier molecular flexibility index (Phi) is 6.77. The summed E-state index contributed by atoms with van der Waals surface area (Å²) in [5.41, 5.74) is 0. The summed E-state index contributed by atoms with van der Waals surface area (Å²) in [6, 6.07) is 0. The summed E-state index contributed by atoms with van der Waals surface area (Å²) in [6.07, 6.45) is -0.436. The molecule has 1 aliphatic heterocycles. The van der Waals surface area contributed by atoms with Gasteiger partial charge in [0.1, 0.15) is 24.4 Å². The van der Waals surface area contributed by atoms with Gasteiger partial charge in [0.15, 0.2) is 6.29 Å². The van der Waals surface area contributed by atoms with E-state index in [0.29, 0.717) is 13.0 Å². The van der Waals surface area contributed by atoms with Gasteiger partial charge >= 0.3 is 0 Å². The Bertz CT molecular complexity index is 255. The monoisotopic (exact) mass is 262 g/mol. The molecule has 4 N–H and O–H groups in total. The molecule has 6 heteroatoms. The van der Waals surface area contributed by atoms with Crippen molar-refractivity contribution < 1.29 is 29.9 Å². The Morgan fingerprint density at radius 1 is 1.11 bits per heavy atom. The summed E-state index contributed by atoms with van der Waals surface area (Å²) < 4.78 is 10.5. The quantitative estimate of drug-likeness (QED) is 0.368. The molecule has 0 radical (unpaired) electrons. The Balaban J connectivity index is 2.41. The van der Waals surface area contributed by atoms with Gasteiger partial charge in [0.2, 0.25) is 0 Å². The predicted molar refractivity (Wildman–Crippen MR) is 63.8 cm³/mol. The number of rotatable bonds is 6. The maximum Gasteiger partial charge on any atom is 0.186 e. The second kappa shape index (κ2) is 7.83. The van der Waals surface area contributed by atoms with E-state index in [1.807, 2.05) is 19.1 Å². The minimum Gasteiger partial charge on any atom is -0.394 e. The highest BCUT2D eigenvalue weighted by Crippen LogP contribution is 2.21. The molecule has 0 aromatic rings. The number of hydrogen-bond acceptors (Lipinski definition) is 6. The van der Waals surface area contributed by atoms with Crippen LogP contribution in [0.25, 0.3) is 0 Å². The van der Waals surface area contributed by atoms with Crippen LogP contribution in [0.5, 0.6) is 0 Å². The average molecular weight is 262 g/mol. The molecule has 1 heterocycles. The number of aliphatic hydroxyl groups excluding tert-OH is 4. The first-order chi connectivity index (χ1) is 8.61. The second-order valence-corrected chi connectivity index (χ2v) is 4.24. The van der Waals surface area contributed by atoms with Crippen molar-refractivity contribution in [1.29, 1.82) is 0 Å². The lowest BCUT2D eigenvalue weighted by Gasteiger charge is -2.39. The molecule has 0 bridgehead atoms. The van der Waals surface area contributed by atoms with Crippen LogP contribution in [-0.2, 0) is 9.47 Å². The maximum atomic E-state index is 9.66. The smallest absolute Gasteiger partial charge is 0.186 e. The van der Waals surface area contributed by atoms with E-state index >= 15 is 0 Å². The van der Waals surface area contributed by atoms with E-state index in [1.165, 1.54) is 0 Å². The number of ether oxygens (including phenoxy) is 2. The van der Waals surface area contributed by atoms with Crippen molar-refractivity contribution >= 4 is 0 Å². The average Bonchev–Trinajstić information content (AvgIpc) is 2.38. The van der Waals surface area contributed by atoms with E-state index in [2.05, 4.69) is 0 Å². The van der Waals surface area contributed by atoms with E-state index in [0.717, 1.165) is 6.42 Å². The Morgan fingerprint density at radius 2 is 1.83 bits per heavy atom. The SMILES string of the molecule is CCC=CCCO[C@@H]1O[C@H](CO)[C@@H](O)[C@H](O)[C@H]1O. The minimum atomic E-state index is -1.38. The van der Waals surface area contributed by atoms with Crippen LogP contribution in [0.2, 0.25) is 0 Å². The molecule has 0 spiro atoms. The van der Waals surface area contributed by atoms with Gasteiger partial charge < -0.3 is 29.9 Å². The van der Waals surface area contributed by atoms with Gasteiger partial charge in [0.05, 0.1) is 13.2 Å². The first-order valence-corrected chi connectivity index (χ1v) is 6.19. The largest absolute Gasteiger partial charge is 0.394 e. The summed E-state index contributed by atoms with van der Waals surface area (Å²) in [5, 5.41) is 37.7. The molecule has 0 aromatic carbocycles. The third kappa shape index (κ3) is 4.01. The highest BCUT2D eigenvalue weighted by Gasteiger charge is 2.43. The summed E-state index contributed by atoms with van der Waals surface area (Å²) in [5.74, 6) is 0. The first kappa shape index (κ1) is 15.6. The Morgan fingerprint density at radius 3 is 2.44 bits per heavy atom. The lowest BCUT2D eigenvalue weighted by molar-refractivity contribution is -0.300. The lowest BCUT2D eigenvalue weighted by atomic mass is 9.99. The molecule has 0 unspecified atom stereocenters. The zero-order valence-electron chi connectivity index (χ0n) is 10.5. The Labute approximate surface area is 106 Å². The van der Waals surface area contributed by atoms with E-state index in [-0.39, 0.29) is 0 Å². The first-order valence-electron chi connectivity index (χ1n) is 6.19. The summed E-state index contributed by atoms with van der Waals surface area (Å²) in [7, 11) is 0. The van der Waals surface area contributed by atoms with Crippen LogP contribution in [0.1, 0.15) is 19.8 Å². The predicted octanol–water partition coefficient (Wildman–Crippen LogP) is -0.841. The molecule has 0 saturated carbocycles. The van der Waals surface area contributed by atoms with Gasteiger partial charge in [0.25, 0.3) is 0 Å². The zero-order valence-corrected chi connectivity index (χ0v) is 10.5. The van der Waals surface area contributed by atoms with Gasteiger partial charge in [-0.2, -0.15) is 0 Å². The number of hydrogen-bond donors (Lipinski definition) is 4. The maximum absolute atomic E-state index is 9.66. The van der Waals surface area contributed by atoms with Crippen molar-refractivity contribution in [3.63, 3.8) is 0 Å². The number of aliphatic hydroxyl groups is 4. The third-order valence-electron chi connectivity index (χ3n) is 2.82. The molecule has 1 aliphatic rings. The van der Waals surface area contributed by atoms with Crippen LogP contribution in [0.4, 0.5) is 0 Å². The van der Waals surface area contributed by atoms with Crippen molar-refractivity contribution in [3.05, 3.63) is 12.2 Å². The summed E-state index contributed by atoms with van der Waals surface area (Å²) >= 11 is 0. The van der Waals surface area contributed by atoms with Gasteiger partial charge in [-0.25, -0.2) is 0 Å². The van der Waals surface area contributed by atoms with Crippen LogP contribution < -0.4 is 0 Å². The van der Waals surface area contributed by atoms with Gasteiger partial charge in [-0.15, -0.1) is 0 Å². The van der Waals surface area contributed by atoms with Gasteiger partial charge in [-0.3, -0.25) is 0 Å². The van der Waals surface area contributed by atoms with E-state index in [9.17, 15) is 15.3 Å². The zero-order chi connectivity index (χ0) is 13.5. The van der Waals surface area contributed by atoms with Gasteiger partial charge in [0, 0.05) is 0 Å². The Hall–Kier alpha value is -0.500. The minimum absolute atomic E-state index is 0.333. The van der Waals surface area contributed by atoms with Crippen LogP contribution in [0.3, 0.4) is 0 Å². The molecule has 1 rings (SSSR count). The van der Waals surface area contributed by atoms with Crippen molar-refractivity contribution in [2.24, 2.45) is 0 Å². The molecule has 1 saturated heterocycles. The highest BCUT2D eigenvalue weighted by atomic mass is 16.7. The molecular formula is C12H22O6. The molecule has 6 nitrogen and oxygen atoms in total. The standard InChI is InChI=1S/C12H22O6/c1-2-3-4-5-6-17-12-11(16)10(15)9(14)8(7-13)18-12/h3-4,8-16H,2,5-7H2,1H3/t8-,9-,10+,11-,12-/m1/s1. The van der Waals surface area contributed by atoms with Crippen molar-refractivity contribution in [2.45, 2.75) is 50.5 Å². The summed E-state index contributed by atoms with van der Waals surface area (Å²) in [6.45, 7) is 1.91. The molecular weight excluding hydrogens is 240 g/mol. The van der Waals surface area contributed by atoms with Crippen molar-refractivity contribution in [3.8, 4) is 0 Å². The van der Waals surface area contributed by atoms with Crippen LogP contribution in [0.15, 0.2) is 12.2 Å². The van der Waals surface area contributed by atoms with E-state index in [1.54, 1.807) is 0 Å². The highest BCUT2D eigenvalue weighted by molar-refractivity contribution is 4.89. The fraction of sp³-hybridized carbons (Fsp3) is 0.833. The fourth-order valence-electron chi connectivity index (χ4n) is 1.74. The van der Waals surface area contributed by atoms with Crippen molar-refractivity contribution in [1.82, 2.24) is 0 Å². The molecule has 1 fully saturated rings. The second-order valence-electron chi connectivity index (χ2n) is 4.24.